The Bertz CT molecular complexity index is 772. The first-order valence-electron chi connectivity index (χ1n) is 6.15. The molecule has 7 nitrogen and oxygen atoms in total. The molecule has 2 rings (SSSR count). The summed E-state index contributed by atoms with van der Waals surface area (Å²) in [4.78, 5) is 22.6. The van der Waals surface area contributed by atoms with Crippen molar-refractivity contribution in [2.45, 2.75) is 0 Å². The zero-order valence-corrected chi connectivity index (χ0v) is 14.8. The molecule has 0 aliphatic heterocycles. The van der Waals surface area contributed by atoms with Gasteiger partial charge in [-0.1, -0.05) is 0 Å². The lowest BCUT2D eigenvalue weighted by molar-refractivity contribution is -0.385. The van der Waals surface area contributed by atoms with E-state index < -0.39 is 10.8 Å². The number of rotatable bonds is 4. The molecule has 0 aliphatic carbocycles. The lowest BCUT2D eigenvalue weighted by Gasteiger charge is -2.09. The predicted octanol–water partition coefficient (Wildman–Crippen LogP) is 4.09. The lowest BCUT2D eigenvalue weighted by Crippen LogP contribution is -2.12. The van der Waals surface area contributed by atoms with Crippen LogP contribution < -0.4 is 10.1 Å². The van der Waals surface area contributed by atoms with E-state index >= 15 is 0 Å². The average molecular weight is 446 g/mol. The van der Waals surface area contributed by atoms with E-state index in [1.54, 1.807) is 0 Å². The van der Waals surface area contributed by atoms with E-state index in [-0.39, 0.29) is 22.7 Å². The highest BCUT2D eigenvalue weighted by Gasteiger charge is 2.18. The smallest absolute Gasteiger partial charge is 0.311 e. The molecular formula is C14H10Br2N2O5. The molecule has 2 aromatic rings. The molecule has 0 heterocycles. The molecule has 1 amide bonds. The van der Waals surface area contributed by atoms with Crippen LogP contribution >= 0.6 is 31.9 Å². The number of nitro benzene ring substituents is 1. The number of ether oxygens (including phenoxy) is 1. The third-order valence-corrected chi connectivity index (χ3v) is 4.12. The summed E-state index contributed by atoms with van der Waals surface area (Å²) < 4.78 is 5.67. The first-order chi connectivity index (χ1) is 10.8. The summed E-state index contributed by atoms with van der Waals surface area (Å²) in [5.74, 6) is -0.454. The summed E-state index contributed by atoms with van der Waals surface area (Å²) in [6.07, 6.45) is 0. The summed E-state index contributed by atoms with van der Waals surface area (Å²) in [6.45, 7) is 0. The molecule has 2 aromatic carbocycles. The highest BCUT2D eigenvalue weighted by molar-refractivity contribution is 9.11. The van der Waals surface area contributed by atoms with Crippen LogP contribution in [0.5, 0.6) is 11.5 Å². The molecule has 0 aromatic heterocycles. The van der Waals surface area contributed by atoms with Gasteiger partial charge in [-0.05, 0) is 56.1 Å². The topological polar surface area (TPSA) is 102 Å². The number of nitrogens with zero attached hydrogens (tertiary/aromatic N) is 1. The maximum atomic E-state index is 12.2. The fraction of sp³-hybridized carbons (Fsp3) is 0.0714. The number of nitrogens with one attached hydrogen (secondary N) is 1. The first kappa shape index (κ1) is 17.2. The number of benzene rings is 2. The fourth-order valence-corrected chi connectivity index (χ4v) is 3.00. The maximum absolute atomic E-state index is 12.2. The van der Waals surface area contributed by atoms with Gasteiger partial charge in [0.25, 0.3) is 5.91 Å². The number of nitro groups is 1. The van der Waals surface area contributed by atoms with E-state index in [2.05, 4.69) is 37.2 Å². The average Bonchev–Trinajstić information content (AvgIpc) is 2.51. The van der Waals surface area contributed by atoms with Crippen molar-refractivity contribution in [2.75, 3.05) is 12.4 Å². The van der Waals surface area contributed by atoms with Crippen LogP contribution in [0.3, 0.4) is 0 Å². The summed E-state index contributed by atoms with van der Waals surface area (Å²) >= 11 is 6.31. The Balaban J connectivity index is 2.31. The molecule has 0 spiro atoms. The standard InChI is InChI=1S/C14H10Br2N2O5/c1-23-12-3-2-7(4-11(12)18(21)22)14(20)17-8-5-9(15)13(19)10(16)6-8/h2-6,19H,1H3,(H,17,20). The zero-order chi connectivity index (χ0) is 17.1. The van der Waals surface area contributed by atoms with Gasteiger partial charge in [0.2, 0.25) is 0 Å². The van der Waals surface area contributed by atoms with Crippen molar-refractivity contribution < 1.29 is 19.6 Å². The van der Waals surface area contributed by atoms with Gasteiger partial charge in [0.1, 0.15) is 5.75 Å². The SMILES string of the molecule is COc1ccc(C(=O)Nc2cc(Br)c(O)c(Br)c2)cc1[N+](=O)[O-]. The third kappa shape index (κ3) is 3.80. The maximum Gasteiger partial charge on any atom is 0.311 e. The molecule has 9 heteroatoms. The van der Waals surface area contributed by atoms with Crippen LogP contribution in [0.25, 0.3) is 0 Å². The number of methoxy groups -OCH3 is 1. The zero-order valence-electron chi connectivity index (χ0n) is 11.7. The van der Waals surface area contributed by atoms with Crippen LogP contribution in [0.1, 0.15) is 10.4 Å². The number of halogens is 2. The molecule has 0 atom stereocenters. The van der Waals surface area contributed by atoms with Crippen molar-refractivity contribution in [1.29, 1.82) is 0 Å². The number of anilines is 1. The molecule has 0 radical (unpaired) electrons. The van der Waals surface area contributed by atoms with Gasteiger partial charge in [-0.2, -0.15) is 0 Å². The number of carbonyl (C=O) groups excluding carboxylic acids is 1. The van der Waals surface area contributed by atoms with Crippen LogP contribution in [0.4, 0.5) is 11.4 Å². The van der Waals surface area contributed by atoms with Crippen molar-refractivity contribution in [3.05, 3.63) is 55.0 Å². The predicted molar refractivity (Wildman–Crippen MR) is 91.1 cm³/mol. The minimum atomic E-state index is -0.622. The van der Waals surface area contributed by atoms with Gasteiger partial charge in [0.05, 0.1) is 21.0 Å². The Morgan fingerprint density at radius 3 is 2.39 bits per heavy atom. The highest BCUT2D eigenvalue weighted by atomic mass is 79.9. The molecular weight excluding hydrogens is 436 g/mol. The first-order valence-corrected chi connectivity index (χ1v) is 7.74. The minimum absolute atomic E-state index is 0.00286. The molecule has 0 saturated heterocycles. The van der Waals surface area contributed by atoms with Gasteiger partial charge in [0.15, 0.2) is 5.75 Å². The van der Waals surface area contributed by atoms with E-state index in [4.69, 9.17) is 4.74 Å². The van der Waals surface area contributed by atoms with Gasteiger partial charge in [-0.15, -0.1) is 0 Å². The second kappa shape index (κ2) is 6.97. The van der Waals surface area contributed by atoms with Crippen molar-refractivity contribution in [1.82, 2.24) is 0 Å². The van der Waals surface area contributed by atoms with Gasteiger partial charge >= 0.3 is 5.69 Å². The molecule has 0 bridgehead atoms. The van der Waals surface area contributed by atoms with Crippen LogP contribution in [0.15, 0.2) is 39.3 Å². The van der Waals surface area contributed by atoms with Crippen molar-refractivity contribution >= 4 is 49.1 Å². The Kier molecular flexibility index (Phi) is 5.22. The number of aromatic hydroxyl groups is 1. The number of phenolic OH excluding ortho intramolecular Hbond substituents is 1. The van der Waals surface area contributed by atoms with Crippen LogP contribution in [0.2, 0.25) is 0 Å². The monoisotopic (exact) mass is 444 g/mol. The molecule has 120 valence electrons. The van der Waals surface area contributed by atoms with Gasteiger partial charge < -0.3 is 15.2 Å². The largest absolute Gasteiger partial charge is 0.506 e. The Hall–Kier alpha value is -2.13. The van der Waals surface area contributed by atoms with Crippen molar-refractivity contribution in [2.24, 2.45) is 0 Å². The molecule has 0 fully saturated rings. The van der Waals surface area contributed by atoms with E-state index in [0.29, 0.717) is 14.6 Å². The van der Waals surface area contributed by atoms with E-state index in [1.165, 1.54) is 31.4 Å². The Morgan fingerprint density at radius 2 is 1.87 bits per heavy atom. The van der Waals surface area contributed by atoms with Crippen molar-refractivity contribution in [3.8, 4) is 11.5 Å². The summed E-state index contributed by atoms with van der Waals surface area (Å²) in [7, 11) is 1.31. The Labute approximate surface area is 147 Å². The van der Waals surface area contributed by atoms with Gasteiger partial charge in [-0.3, -0.25) is 14.9 Å². The van der Waals surface area contributed by atoms with Crippen LogP contribution in [0, 0.1) is 10.1 Å². The van der Waals surface area contributed by atoms with Gasteiger partial charge in [0, 0.05) is 17.3 Å². The molecule has 23 heavy (non-hydrogen) atoms. The van der Waals surface area contributed by atoms with E-state index in [0.717, 1.165) is 6.07 Å². The summed E-state index contributed by atoms with van der Waals surface area (Å²) in [5.41, 5.74) is 0.219. The quantitative estimate of drug-likeness (QED) is 0.419. The molecule has 0 unspecified atom stereocenters. The molecule has 0 aliphatic rings. The lowest BCUT2D eigenvalue weighted by atomic mass is 10.1. The number of phenols is 1. The number of hydrogen-bond acceptors (Lipinski definition) is 5. The molecule has 0 saturated carbocycles. The third-order valence-electron chi connectivity index (χ3n) is 2.91. The van der Waals surface area contributed by atoms with Crippen LogP contribution in [-0.2, 0) is 0 Å². The normalized spacial score (nSPS) is 10.2. The number of amides is 1. The van der Waals surface area contributed by atoms with Crippen LogP contribution in [-0.4, -0.2) is 23.0 Å². The van der Waals surface area contributed by atoms with E-state index in [1.807, 2.05) is 0 Å². The number of hydrogen-bond donors (Lipinski definition) is 2. The second-order valence-corrected chi connectivity index (χ2v) is 6.10. The summed E-state index contributed by atoms with van der Waals surface area (Å²) in [6, 6.07) is 6.94. The molecule has 2 N–H and O–H groups in total. The number of carbonyl (C=O) groups is 1. The minimum Gasteiger partial charge on any atom is -0.506 e. The van der Waals surface area contributed by atoms with E-state index in [9.17, 15) is 20.0 Å². The fourth-order valence-electron chi connectivity index (χ4n) is 1.81. The Morgan fingerprint density at radius 1 is 1.26 bits per heavy atom. The second-order valence-electron chi connectivity index (χ2n) is 4.39. The van der Waals surface area contributed by atoms with Crippen molar-refractivity contribution in [3.63, 3.8) is 0 Å². The summed E-state index contributed by atoms with van der Waals surface area (Å²) in [5, 5.41) is 23.2. The van der Waals surface area contributed by atoms with Gasteiger partial charge in [-0.25, -0.2) is 0 Å². The highest BCUT2D eigenvalue weighted by Crippen LogP contribution is 2.35.